The zero-order chi connectivity index (χ0) is 12.1. The van der Waals surface area contributed by atoms with Gasteiger partial charge in [0.1, 0.15) is 0 Å². The van der Waals surface area contributed by atoms with Crippen LogP contribution >= 0.6 is 0 Å². The first-order chi connectivity index (χ1) is 8.29. The van der Waals surface area contributed by atoms with Crippen molar-refractivity contribution in [3.63, 3.8) is 0 Å². The Morgan fingerprint density at radius 1 is 1.06 bits per heavy atom. The molecule has 93 valence electrons. The van der Waals surface area contributed by atoms with Crippen LogP contribution in [0.25, 0.3) is 0 Å². The molecule has 0 saturated heterocycles. The molecule has 0 spiro atoms. The Balaban J connectivity index is 1.84. The number of rotatable bonds is 4. The predicted molar refractivity (Wildman–Crippen MR) is 75.1 cm³/mol. The van der Waals surface area contributed by atoms with E-state index in [0.717, 1.165) is 17.4 Å². The van der Waals surface area contributed by atoms with Gasteiger partial charge >= 0.3 is 0 Å². The number of hydrogen-bond donors (Lipinski definition) is 0. The lowest BCUT2D eigenvalue weighted by Gasteiger charge is -2.28. The van der Waals surface area contributed by atoms with E-state index in [9.17, 15) is 0 Å². The summed E-state index contributed by atoms with van der Waals surface area (Å²) in [6, 6.07) is 8.86. The van der Waals surface area contributed by atoms with Gasteiger partial charge in [0.25, 0.3) is 0 Å². The van der Waals surface area contributed by atoms with E-state index in [1.54, 1.807) is 0 Å². The van der Waals surface area contributed by atoms with Crippen LogP contribution in [0.1, 0.15) is 68.9 Å². The molecule has 0 heteroatoms. The Hall–Kier alpha value is -0.780. The second kappa shape index (κ2) is 6.23. The quantitative estimate of drug-likeness (QED) is 0.654. The van der Waals surface area contributed by atoms with Crippen LogP contribution in [-0.2, 0) is 0 Å². The monoisotopic (exact) mass is 229 g/mol. The van der Waals surface area contributed by atoms with E-state index in [2.05, 4.69) is 38.1 Å². The average molecular weight is 229 g/mol. The Labute approximate surface area is 106 Å². The average Bonchev–Trinajstić information content (AvgIpc) is 2.38. The van der Waals surface area contributed by atoms with Crippen LogP contribution < -0.4 is 0 Å². The van der Waals surface area contributed by atoms with Gasteiger partial charge in [-0.2, -0.15) is 0 Å². The lowest BCUT2D eigenvalue weighted by atomic mass is 9.77. The zero-order valence-electron chi connectivity index (χ0n) is 11.1. The summed E-state index contributed by atoms with van der Waals surface area (Å²) in [4.78, 5) is 0. The molecule has 1 aromatic rings. The Morgan fingerprint density at radius 3 is 2.29 bits per heavy atom. The normalized spacial score (nSPS) is 24.8. The third kappa shape index (κ3) is 3.59. The van der Waals surface area contributed by atoms with Crippen molar-refractivity contribution < 1.29 is 0 Å². The second-order valence-corrected chi connectivity index (χ2v) is 5.60. The van der Waals surface area contributed by atoms with Gasteiger partial charge in [-0.1, -0.05) is 50.5 Å². The van der Waals surface area contributed by atoms with E-state index in [4.69, 9.17) is 0 Å². The summed E-state index contributed by atoms with van der Waals surface area (Å²) in [6.07, 6.45) is 9.90. The van der Waals surface area contributed by atoms with E-state index in [0.29, 0.717) is 0 Å². The van der Waals surface area contributed by atoms with Crippen LogP contribution in [0.15, 0.2) is 24.3 Å². The number of hydrogen-bond acceptors (Lipinski definition) is 0. The molecule has 1 fully saturated rings. The van der Waals surface area contributed by atoms with Crippen LogP contribution in [0.4, 0.5) is 0 Å². The van der Waals surface area contributed by atoms with Crippen molar-refractivity contribution in [3.05, 3.63) is 42.3 Å². The van der Waals surface area contributed by atoms with Crippen molar-refractivity contribution in [1.29, 1.82) is 0 Å². The first-order valence-corrected chi connectivity index (χ1v) is 7.21. The van der Waals surface area contributed by atoms with Crippen LogP contribution in [0.5, 0.6) is 0 Å². The van der Waals surface area contributed by atoms with E-state index >= 15 is 0 Å². The highest BCUT2D eigenvalue weighted by molar-refractivity contribution is 5.27. The van der Waals surface area contributed by atoms with Crippen molar-refractivity contribution in [2.24, 2.45) is 5.92 Å². The molecule has 1 aliphatic rings. The van der Waals surface area contributed by atoms with Crippen LogP contribution in [-0.4, -0.2) is 0 Å². The molecule has 0 aromatic heterocycles. The predicted octanol–water partition coefficient (Wildman–Crippen LogP) is 5.33. The van der Waals surface area contributed by atoms with E-state index < -0.39 is 0 Å². The van der Waals surface area contributed by atoms with E-state index in [1.807, 2.05) is 0 Å². The summed E-state index contributed by atoms with van der Waals surface area (Å²) in [5.74, 6) is 1.83. The molecule has 0 unspecified atom stereocenters. The van der Waals surface area contributed by atoms with E-state index in [1.165, 1.54) is 50.5 Å². The van der Waals surface area contributed by atoms with Crippen molar-refractivity contribution in [3.8, 4) is 0 Å². The molecule has 0 nitrogen and oxygen atoms in total. The molecule has 0 bridgehead atoms. The summed E-state index contributed by atoms with van der Waals surface area (Å²) in [5.41, 5.74) is 2.66. The lowest BCUT2D eigenvalue weighted by molar-refractivity contribution is 0.304. The number of benzene rings is 1. The highest BCUT2D eigenvalue weighted by Crippen LogP contribution is 2.37. The molecule has 0 aliphatic heterocycles. The first kappa shape index (κ1) is 12.7. The van der Waals surface area contributed by atoms with Crippen LogP contribution in [0, 0.1) is 12.8 Å². The Morgan fingerprint density at radius 2 is 1.71 bits per heavy atom. The molecule has 2 rings (SSSR count). The highest BCUT2D eigenvalue weighted by Gasteiger charge is 2.21. The third-order valence-corrected chi connectivity index (χ3v) is 4.26. The second-order valence-electron chi connectivity index (χ2n) is 5.60. The molecule has 17 heavy (non-hydrogen) atoms. The Kier molecular flexibility index (Phi) is 4.65. The topological polar surface area (TPSA) is 0 Å². The SMILES string of the molecule is [CH2]c1ccc(C2CCC(CCCC)CC2)cc1. The van der Waals surface area contributed by atoms with Gasteiger partial charge in [-0.3, -0.25) is 0 Å². The molecule has 0 atom stereocenters. The fraction of sp³-hybridized carbons (Fsp3) is 0.588. The van der Waals surface area contributed by atoms with Gasteiger partial charge in [0.15, 0.2) is 0 Å². The van der Waals surface area contributed by atoms with Crippen molar-refractivity contribution >= 4 is 0 Å². The fourth-order valence-corrected chi connectivity index (χ4v) is 3.07. The third-order valence-electron chi connectivity index (χ3n) is 4.26. The molecule has 0 N–H and O–H groups in total. The summed E-state index contributed by atoms with van der Waals surface area (Å²) in [7, 11) is 0. The minimum atomic E-state index is 0.813. The Bertz CT molecular complexity index is 314. The van der Waals surface area contributed by atoms with Crippen molar-refractivity contribution in [2.45, 2.75) is 57.8 Å². The minimum Gasteiger partial charge on any atom is -0.0654 e. The summed E-state index contributed by atoms with van der Waals surface area (Å²) in [5, 5.41) is 0. The van der Waals surface area contributed by atoms with Gasteiger partial charge in [0, 0.05) is 0 Å². The standard InChI is InChI=1S/C17H25/c1-3-4-5-15-8-12-17(13-9-15)16-10-6-14(2)7-11-16/h6-7,10-11,15,17H,2-5,8-9,12-13H2,1H3. The number of unbranched alkanes of at least 4 members (excludes halogenated alkanes) is 1. The smallest absolute Gasteiger partial charge is 0.0162 e. The maximum atomic E-state index is 3.95. The first-order valence-electron chi connectivity index (χ1n) is 7.21. The molecule has 0 amide bonds. The maximum absolute atomic E-state index is 3.95. The van der Waals surface area contributed by atoms with Crippen molar-refractivity contribution in [1.82, 2.24) is 0 Å². The molecule has 1 aromatic carbocycles. The van der Waals surface area contributed by atoms with Gasteiger partial charge in [0.2, 0.25) is 0 Å². The molecular formula is C17H25. The summed E-state index contributed by atoms with van der Waals surface area (Å²) < 4.78 is 0. The zero-order valence-corrected chi connectivity index (χ0v) is 11.1. The molecule has 0 heterocycles. The largest absolute Gasteiger partial charge is 0.0654 e. The molecule has 1 saturated carbocycles. The van der Waals surface area contributed by atoms with Crippen LogP contribution in [0.2, 0.25) is 0 Å². The minimum absolute atomic E-state index is 0.813. The fourth-order valence-electron chi connectivity index (χ4n) is 3.07. The van der Waals surface area contributed by atoms with Gasteiger partial charge in [-0.05, 0) is 55.6 Å². The molecular weight excluding hydrogens is 204 g/mol. The van der Waals surface area contributed by atoms with E-state index in [-0.39, 0.29) is 0 Å². The van der Waals surface area contributed by atoms with Gasteiger partial charge in [0.05, 0.1) is 0 Å². The summed E-state index contributed by atoms with van der Waals surface area (Å²) >= 11 is 0. The highest BCUT2D eigenvalue weighted by atomic mass is 14.3. The van der Waals surface area contributed by atoms with Crippen molar-refractivity contribution in [2.75, 3.05) is 0 Å². The molecule has 1 radical (unpaired) electrons. The summed E-state index contributed by atoms with van der Waals surface area (Å²) in [6.45, 7) is 6.25. The van der Waals surface area contributed by atoms with Gasteiger partial charge in [-0.15, -0.1) is 0 Å². The van der Waals surface area contributed by atoms with Crippen LogP contribution in [0.3, 0.4) is 0 Å². The lowest BCUT2D eigenvalue weighted by Crippen LogP contribution is -2.13. The molecule has 1 aliphatic carbocycles. The van der Waals surface area contributed by atoms with Gasteiger partial charge in [-0.25, -0.2) is 0 Å². The maximum Gasteiger partial charge on any atom is -0.0162 e. The van der Waals surface area contributed by atoms with Gasteiger partial charge < -0.3 is 0 Å².